The lowest BCUT2D eigenvalue weighted by Gasteiger charge is -2.05. The number of carboxylic acid groups (broad SMARTS) is 1. The molecule has 7 heteroatoms. The number of rotatable bonds is 4. The Morgan fingerprint density at radius 2 is 2.27 bits per heavy atom. The summed E-state index contributed by atoms with van der Waals surface area (Å²) in [6.07, 6.45) is -0.259. The molecule has 1 amide bonds. The second-order valence-electron chi connectivity index (χ2n) is 2.80. The molecule has 0 aromatic carbocycles. The lowest BCUT2D eigenvalue weighted by molar-refractivity contribution is -0.140. The number of nitrogens with one attached hydrogen (secondary N) is 1. The number of anilines is 1. The Balaban J connectivity index is 2.46. The van der Waals surface area contributed by atoms with Crippen molar-refractivity contribution >= 4 is 39.8 Å². The molecule has 15 heavy (non-hydrogen) atoms. The maximum atomic E-state index is 11.2. The predicted molar refractivity (Wildman–Crippen MR) is 58.2 cm³/mol. The van der Waals surface area contributed by atoms with Crippen LogP contribution < -0.4 is 11.1 Å². The zero-order valence-electron chi connectivity index (χ0n) is 7.57. The molecule has 1 rings (SSSR count). The number of hydrogen-bond acceptors (Lipinski definition) is 4. The molecule has 0 fully saturated rings. The van der Waals surface area contributed by atoms with Gasteiger partial charge in [0.2, 0.25) is 5.91 Å². The normalized spacial score (nSPS) is 12.1. The lowest BCUT2D eigenvalue weighted by atomic mass is 10.2. The minimum absolute atomic E-state index is 0.259. The van der Waals surface area contributed by atoms with Crippen LogP contribution in [0, 0.1) is 0 Å². The second-order valence-corrected chi connectivity index (χ2v) is 4.52. The molecule has 1 aromatic rings. The van der Waals surface area contributed by atoms with Crippen LogP contribution in [0.5, 0.6) is 0 Å². The van der Waals surface area contributed by atoms with Crippen LogP contribution in [0.3, 0.4) is 0 Å². The minimum Gasteiger partial charge on any atom is -0.480 e. The van der Waals surface area contributed by atoms with Crippen LogP contribution in [0.4, 0.5) is 5.00 Å². The van der Waals surface area contributed by atoms with Gasteiger partial charge in [-0.3, -0.25) is 9.59 Å². The molecule has 0 aliphatic carbocycles. The Morgan fingerprint density at radius 1 is 1.60 bits per heavy atom. The number of carboxylic acids is 1. The number of carbonyl (C=O) groups excluding carboxylic acids is 1. The first-order valence-corrected chi connectivity index (χ1v) is 5.22. The van der Waals surface area contributed by atoms with Crippen LogP contribution in [0.1, 0.15) is 6.42 Å². The number of nitrogens with two attached hydrogens (primary N) is 1. The van der Waals surface area contributed by atoms with E-state index < -0.39 is 17.9 Å². The van der Waals surface area contributed by atoms with Gasteiger partial charge < -0.3 is 16.2 Å². The van der Waals surface area contributed by atoms with Gasteiger partial charge in [0.05, 0.1) is 15.8 Å². The summed E-state index contributed by atoms with van der Waals surface area (Å²) in [7, 11) is 0. The standard InChI is InChI=1S/C8H9ClN2O3S/c9-5-1-2-7(15-5)11-6(12)3-4(10)8(13)14/h1-2,4H,3,10H2,(H,11,12)(H,13,14). The first kappa shape index (κ1) is 12.0. The maximum absolute atomic E-state index is 11.2. The highest BCUT2D eigenvalue weighted by molar-refractivity contribution is 7.20. The van der Waals surface area contributed by atoms with E-state index in [1.807, 2.05) is 0 Å². The van der Waals surface area contributed by atoms with Gasteiger partial charge in [0, 0.05) is 0 Å². The molecule has 4 N–H and O–H groups in total. The molecule has 0 aliphatic rings. The third-order valence-electron chi connectivity index (χ3n) is 1.56. The number of hydrogen-bond donors (Lipinski definition) is 3. The molecule has 0 saturated carbocycles. The first-order chi connectivity index (χ1) is 6.99. The molecule has 0 saturated heterocycles. The molecule has 0 bridgehead atoms. The van der Waals surface area contributed by atoms with Crippen molar-refractivity contribution in [3.8, 4) is 0 Å². The minimum atomic E-state index is -1.20. The van der Waals surface area contributed by atoms with Crippen LogP contribution >= 0.6 is 22.9 Å². The van der Waals surface area contributed by atoms with Crippen molar-refractivity contribution in [3.05, 3.63) is 16.5 Å². The Bertz CT molecular complexity index is 380. The topological polar surface area (TPSA) is 92.4 Å². The molecule has 5 nitrogen and oxygen atoms in total. The molecule has 1 unspecified atom stereocenters. The van der Waals surface area contributed by atoms with Crippen LogP contribution in [-0.4, -0.2) is 23.0 Å². The molecule has 82 valence electrons. The largest absolute Gasteiger partial charge is 0.480 e. The average molecular weight is 249 g/mol. The van der Waals surface area contributed by atoms with E-state index in [0.717, 1.165) is 0 Å². The highest BCUT2D eigenvalue weighted by Crippen LogP contribution is 2.25. The van der Waals surface area contributed by atoms with E-state index in [1.165, 1.54) is 11.3 Å². The maximum Gasteiger partial charge on any atom is 0.321 e. The van der Waals surface area contributed by atoms with Crippen molar-refractivity contribution in [3.63, 3.8) is 0 Å². The van der Waals surface area contributed by atoms with Crippen LogP contribution in [0.2, 0.25) is 4.34 Å². The van der Waals surface area contributed by atoms with Gasteiger partial charge in [-0.25, -0.2) is 0 Å². The van der Waals surface area contributed by atoms with Crippen LogP contribution in [-0.2, 0) is 9.59 Å². The summed E-state index contributed by atoms with van der Waals surface area (Å²) in [5, 5.41) is 11.5. The summed E-state index contributed by atoms with van der Waals surface area (Å²) in [4.78, 5) is 21.6. The molecule has 1 aromatic heterocycles. The molecule has 1 atom stereocenters. The molecular weight excluding hydrogens is 240 g/mol. The number of thiophene rings is 1. The third kappa shape index (κ3) is 3.86. The molecule has 0 aliphatic heterocycles. The summed E-state index contributed by atoms with van der Waals surface area (Å²) in [6, 6.07) is 2.09. The average Bonchev–Trinajstić information content (AvgIpc) is 2.50. The predicted octanol–water partition coefficient (Wildman–Crippen LogP) is 1.14. The van der Waals surface area contributed by atoms with Gasteiger partial charge in [0.15, 0.2) is 0 Å². The van der Waals surface area contributed by atoms with Crippen LogP contribution in [0.25, 0.3) is 0 Å². The van der Waals surface area contributed by atoms with Gasteiger partial charge in [-0.2, -0.15) is 0 Å². The van der Waals surface area contributed by atoms with Gasteiger partial charge in [-0.1, -0.05) is 11.6 Å². The number of aliphatic carboxylic acids is 1. The van der Waals surface area contributed by atoms with Crippen molar-refractivity contribution in [2.75, 3.05) is 5.32 Å². The zero-order valence-corrected chi connectivity index (χ0v) is 9.14. The summed E-state index contributed by atoms with van der Waals surface area (Å²) >= 11 is 6.85. The monoisotopic (exact) mass is 248 g/mol. The number of carbonyl (C=O) groups is 2. The van der Waals surface area contributed by atoms with E-state index in [-0.39, 0.29) is 6.42 Å². The smallest absolute Gasteiger partial charge is 0.321 e. The van der Waals surface area contributed by atoms with E-state index in [1.54, 1.807) is 12.1 Å². The fourth-order valence-electron chi connectivity index (χ4n) is 0.857. The van der Waals surface area contributed by atoms with Gasteiger partial charge in [0.1, 0.15) is 6.04 Å². The molecular formula is C8H9ClN2O3S. The fraction of sp³-hybridized carbons (Fsp3) is 0.250. The quantitative estimate of drug-likeness (QED) is 0.745. The SMILES string of the molecule is NC(CC(=O)Nc1ccc(Cl)s1)C(=O)O. The van der Waals surface area contributed by atoms with E-state index in [2.05, 4.69) is 5.32 Å². The molecule has 1 heterocycles. The number of halogens is 1. The Hall–Kier alpha value is -1.11. The zero-order chi connectivity index (χ0) is 11.4. The van der Waals surface area contributed by atoms with Gasteiger partial charge in [0.25, 0.3) is 0 Å². The highest BCUT2D eigenvalue weighted by atomic mass is 35.5. The summed E-state index contributed by atoms with van der Waals surface area (Å²) in [5.41, 5.74) is 5.19. The van der Waals surface area contributed by atoms with Gasteiger partial charge >= 0.3 is 5.97 Å². The Labute approximate surface area is 94.8 Å². The van der Waals surface area contributed by atoms with E-state index in [4.69, 9.17) is 22.4 Å². The van der Waals surface area contributed by atoms with E-state index in [9.17, 15) is 9.59 Å². The number of amides is 1. The van der Waals surface area contributed by atoms with E-state index in [0.29, 0.717) is 9.34 Å². The Kier molecular flexibility index (Phi) is 4.07. The highest BCUT2D eigenvalue weighted by Gasteiger charge is 2.16. The molecule has 0 radical (unpaired) electrons. The van der Waals surface area contributed by atoms with Crippen LogP contribution in [0.15, 0.2) is 12.1 Å². The van der Waals surface area contributed by atoms with Crippen molar-refractivity contribution in [1.82, 2.24) is 0 Å². The van der Waals surface area contributed by atoms with Crippen molar-refractivity contribution in [2.24, 2.45) is 5.73 Å². The molecule has 0 spiro atoms. The van der Waals surface area contributed by atoms with E-state index >= 15 is 0 Å². The summed E-state index contributed by atoms with van der Waals surface area (Å²) in [5.74, 6) is -1.64. The van der Waals surface area contributed by atoms with Crippen molar-refractivity contribution in [1.29, 1.82) is 0 Å². The van der Waals surface area contributed by atoms with Crippen molar-refractivity contribution in [2.45, 2.75) is 12.5 Å². The third-order valence-corrected chi connectivity index (χ3v) is 2.70. The fourth-order valence-corrected chi connectivity index (χ4v) is 1.82. The lowest BCUT2D eigenvalue weighted by Crippen LogP contribution is -2.34. The second kappa shape index (κ2) is 5.11. The van der Waals surface area contributed by atoms with Crippen molar-refractivity contribution < 1.29 is 14.7 Å². The Morgan fingerprint density at radius 3 is 2.73 bits per heavy atom. The van der Waals surface area contributed by atoms with Gasteiger partial charge in [-0.15, -0.1) is 11.3 Å². The summed E-state index contributed by atoms with van der Waals surface area (Å²) in [6.45, 7) is 0. The first-order valence-electron chi connectivity index (χ1n) is 4.02. The summed E-state index contributed by atoms with van der Waals surface area (Å²) < 4.78 is 0.549. The van der Waals surface area contributed by atoms with Gasteiger partial charge in [-0.05, 0) is 12.1 Å².